The molecular formula is C9H9N3O3. The summed E-state index contributed by atoms with van der Waals surface area (Å²) in [5.41, 5.74) is 2.48. The van der Waals surface area contributed by atoms with Crippen molar-refractivity contribution in [2.24, 2.45) is 0 Å². The third kappa shape index (κ3) is 2.10. The summed E-state index contributed by atoms with van der Waals surface area (Å²) in [6.07, 6.45) is 0. The molecule has 0 aromatic heterocycles. The summed E-state index contributed by atoms with van der Waals surface area (Å²) in [6, 6.07) is 5.89. The highest BCUT2D eigenvalue weighted by Crippen LogP contribution is 2.17. The lowest BCUT2D eigenvalue weighted by molar-refractivity contribution is -0.385. The lowest BCUT2D eigenvalue weighted by Gasteiger charge is -2.04. The zero-order valence-electron chi connectivity index (χ0n) is 7.84. The number of nitrogens with one attached hydrogen (secondary N) is 1. The topological polar surface area (TPSA) is 75.2 Å². The van der Waals surface area contributed by atoms with Gasteiger partial charge in [0.05, 0.1) is 4.92 Å². The number of nitro groups is 1. The minimum absolute atomic E-state index is 0.0920. The molecule has 1 N–H and O–H groups in total. The lowest BCUT2D eigenvalue weighted by atomic mass is 10.2. The van der Waals surface area contributed by atoms with Crippen molar-refractivity contribution in [3.05, 3.63) is 39.9 Å². The first-order valence-corrected chi connectivity index (χ1v) is 4.48. The Bertz CT molecular complexity index is 415. The largest absolute Gasteiger partial charge is 0.284 e. The van der Waals surface area contributed by atoms with Gasteiger partial charge in [-0.15, -0.1) is 0 Å². The van der Waals surface area contributed by atoms with E-state index in [1.165, 1.54) is 18.2 Å². The molecule has 1 aromatic carbocycles. The molecule has 6 heteroatoms. The number of hydrogen-bond donors (Lipinski definition) is 1. The lowest BCUT2D eigenvalue weighted by Crippen LogP contribution is -2.29. The van der Waals surface area contributed by atoms with Crippen LogP contribution >= 0.6 is 0 Å². The van der Waals surface area contributed by atoms with Gasteiger partial charge in [0.15, 0.2) is 0 Å². The zero-order chi connectivity index (χ0) is 10.8. The van der Waals surface area contributed by atoms with Crippen molar-refractivity contribution in [1.29, 1.82) is 0 Å². The first-order valence-electron chi connectivity index (χ1n) is 4.48. The average molecular weight is 207 g/mol. The van der Waals surface area contributed by atoms with E-state index in [9.17, 15) is 14.9 Å². The van der Waals surface area contributed by atoms with E-state index >= 15 is 0 Å². The molecule has 6 nitrogen and oxygen atoms in total. The number of rotatable bonds is 3. The molecule has 0 radical (unpaired) electrons. The number of hydrogen-bond acceptors (Lipinski definition) is 4. The van der Waals surface area contributed by atoms with Crippen LogP contribution in [0.3, 0.4) is 0 Å². The van der Waals surface area contributed by atoms with E-state index < -0.39 is 10.8 Å². The standard InChI is InChI=1S/C9H9N3O3/c13-9(10-11-5-6-11)7-3-1-2-4-8(7)12(14)15/h1-4H,5-6H2,(H,10,13). The number of nitro benzene ring substituents is 1. The second kappa shape index (κ2) is 3.66. The highest BCUT2D eigenvalue weighted by atomic mass is 16.6. The molecular weight excluding hydrogens is 198 g/mol. The molecule has 0 aliphatic carbocycles. The van der Waals surface area contributed by atoms with Crippen LogP contribution in [0.15, 0.2) is 24.3 Å². The van der Waals surface area contributed by atoms with Gasteiger partial charge in [0, 0.05) is 19.2 Å². The van der Waals surface area contributed by atoms with Crippen LogP contribution in [-0.2, 0) is 0 Å². The maximum absolute atomic E-state index is 11.6. The predicted molar refractivity (Wildman–Crippen MR) is 52.1 cm³/mol. The number of amides is 1. The van der Waals surface area contributed by atoms with Crippen LogP contribution in [0.5, 0.6) is 0 Å². The van der Waals surface area contributed by atoms with E-state index in [1.807, 2.05) is 0 Å². The second-order valence-corrected chi connectivity index (χ2v) is 3.20. The minimum Gasteiger partial charge on any atom is -0.284 e. The zero-order valence-corrected chi connectivity index (χ0v) is 7.84. The Morgan fingerprint density at radius 3 is 2.67 bits per heavy atom. The van der Waals surface area contributed by atoms with Gasteiger partial charge >= 0.3 is 0 Å². The van der Waals surface area contributed by atoms with E-state index in [4.69, 9.17) is 0 Å². The Hall–Kier alpha value is -1.95. The summed E-state index contributed by atoms with van der Waals surface area (Å²) in [6.45, 7) is 1.60. The van der Waals surface area contributed by atoms with Crippen molar-refractivity contribution in [3.8, 4) is 0 Å². The van der Waals surface area contributed by atoms with E-state index in [0.29, 0.717) is 0 Å². The summed E-state index contributed by atoms with van der Waals surface area (Å²) in [5, 5.41) is 12.3. The van der Waals surface area contributed by atoms with Crippen molar-refractivity contribution in [2.75, 3.05) is 13.1 Å². The molecule has 0 bridgehead atoms. The molecule has 0 spiro atoms. The summed E-state index contributed by atoms with van der Waals surface area (Å²) >= 11 is 0. The van der Waals surface area contributed by atoms with Gasteiger partial charge in [-0.25, -0.2) is 5.01 Å². The van der Waals surface area contributed by atoms with Crippen LogP contribution in [0.2, 0.25) is 0 Å². The van der Waals surface area contributed by atoms with Crippen molar-refractivity contribution in [2.45, 2.75) is 0 Å². The summed E-state index contributed by atoms with van der Waals surface area (Å²) in [5.74, 6) is -0.431. The van der Waals surface area contributed by atoms with Crippen molar-refractivity contribution in [1.82, 2.24) is 10.4 Å². The van der Waals surface area contributed by atoms with E-state index in [-0.39, 0.29) is 11.3 Å². The normalized spacial score (nSPS) is 14.7. The first kappa shape index (κ1) is 9.60. The number of benzene rings is 1. The van der Waals surface area contributed by atoms with Crippen LogP contribution in [0, 0.1) is 10.1 Å². The molecule has 1 aromatic rings. The molecule has 1 heterocycles. The Kier molecular flexibility index (Phi) is 2.34. The van der Waals surface area contributed by atoms with Gasteiger partial charge in [0.25, 0.3) is 11.6 Å². The van der Waals surface area contributed by atoms with Crippen LogP contribution in [0.1, 0.15) is 10.4 Å². The quantitative estimate of drug-likeness (QED) is 0.446. The molecule has 0 saturated carbocycles. The molecule has 0 unspecified atom stereocenters. The monoisotopic (exact) mass is 207 g/mol. The van der Waals surface area contributed by atoms with E-state index in [0.717, 1.165) is 13.1 Å². The molecule has 1 aliphatic heterocycles. The third-order valence-corrected chi connectivity index (χ3v) is 2.05. The number of carbonyl (C=O) groups excluding carboxylic acids is 1. The SMILES string of the molecule is O=C(NN1CC1)c1ccccc1[N+](=O)[O-]. The van der Waals surface area contributed by atoms with Crippen LogP contribution in [0.4, 0.5) is 5.69 Å². The van der Waals surface area contributed by atoms with Gasteiger partial charge < -0.3 is 0 Å². The van der Waals surface area contributed by atoms with Crippen LogP contribution in [0.25, 0.3) is 0 Å². The molecule has 0 atom stereocenters. The molecule has 1 saturated heterocycles. The Morgan fingerprint density at radius 1 is 1.40 bits per heavy atom. The van der Waals surface area contributed by atoms with Crippen molar-refractivity contribution >= 4 is 11.6 Å². The van der Waals surface area contributed by atoms with Crippen LogP contribution < -0.4 is 5.43 Å². The van der Waals surface area contributed by atoms with E-state index in [1.54, 1.807) is 11.1 Å². The van der Waals surface area contributed by atoms with Gasteiger partial charge in [0.2, 0.25) is 0 Å². The number of nitrogens with zero attached hydrogens (tertiary/aromatic N) is 2. The molecule has 2 rings (SSSR count). The summed E-state index contributed by atoms with van der Waals surface area (Å²) < 4.78 is 0. The summed E-state index contributed by atoms with van der Waals surface area (Å²) in [4.78, 5) is 21.6. The number of hydrazine groups is 1. The van der Waals surface area contributed by atoms with Gasteiger partial charge in [-0.2, -0.15) is 0 Å². The van der Waals surface area contributed by atoms with Gasteiger partial charge in [-0.1, -0.05) is 12.1 Å². The highest BCUT2D eigenvalue weighted by molar-refractivity contribution is 5.97. The highest BCUT2D eigenvalue weighted by Gasteiger charge is 2.24. The van der Waals surface area contributed by atoms with Gasteiger partial charge in [0.1, 0.15) is 5.56 Å². The smallest absolute Gasteiger partial charge is 0.282 e. The maximum atomic E-state index is 11.6. The van der Waals surface area contributed by atoms with Gasteiger partial charge in [-0.3, -0.25) is 20.3 Å². The molecule has 78 valence electrons. The fourth-order valence-electron chi connectivity index (χ4n) is 1.19. The maximum Gasteiger partial charge on any atom is 0.282 e. The fourth-order valence-corrected chi connectivity index (χ4v) is 1.19. The second-order valence-electron chi connectivity index (χ2n) is 3.20. The molecule has 1 fully saturated rings. The van der Waals surface area contributed by atoms with Crippen LogP contribution in [-0.4, -0.2) is 28.9 Å². The Labute approximate surface area is 85.6 Å². The number of carbonyl (C=O) groups is 1. The Morgan fingerprint density at radius 2 is 2.07 bits per heavy atom. The minimum atomic E-state index is -0.558. The Balaban J connectivity index is 2.24. The van der Waals surface area contributed by atoms with E-state index in [2.05, 4.69) is 5.43 Å². The predicted octanol–water partition coefficient (Wildman–Crippen LogP) is 0.555. The molecule has 1 aliphatic rings. The summed E-state index contributed by atoms with van der Waals surface area (Å²) in [7, 11) is 0. The first-order chi connectivity index (χ1) is 7.18. The molecule has 1 amide bonds. The molecule has 15 heavy (non-hydrogen) atoms. The number of para-hydroxylation sites is 1. The van der Waals surface area contributed by atoms with Gasteiger partial charge in [-0.05, 0) is 6.07 Å². The average Bonchev–Trinajstić information content (AvgIpc) is 3.01. The van der Waals surface area contributed by atoms with Crippen molar-refractivity contribution < 1.29 is 9.72 Å². The third-order valence-electron chi connectivity index (χ3n) is 2.05. The van der Waals surface area contributed by atoms with Crippen molar-refractivity contribution in [3.63, 3.8) is 0 Å². The fraction of sp³-hybridized carbons (Fsp3) is 0.222.